The number of amides is 1. The van der Waals surface area contributed by atoms with Crippen molar-refractivity contribution in [1.29, 1.82) is 0 Å². The molecule has 0 aromatic heterocycles. The van der Waals surface area contributed by atoms with Gasteiger partial charge in [-0.25, -0.2) is 8.42 Å². The fourth-order valence-corrected chi connectivity index (χ4v) is 4.40. The minimum absolute atomic E-state index is 0.0509. The van der Waals surface area contributed by atoms with Crippen LogP contribution in [0, 0.1) is 0 Å². The highest BCUT2D eigenvalue weighted by Crippen LogP contribution is 2.20. The van der Waals surface area contributed by atoms with Crippen molar-refractivity contribution >= 4 is 15.9 Å². The molecular weight excluding hydrogens is 266 g/mol. The zero-order valence-electron chi connectivity index (χ0n) is 11.5. The van der Waals surface area contributed by atoms with E-state index >= 15 is 0 Å². The number of sulfonamides is 1. The van der Waals surface area contributed by atoms with Gasteiger partial charge in [-0.15, -0.1) is 0 Å². The first kappa shape index (κ1) is 14.7. The van der Waals surface area contributed by atoms with E-state index in [2.05, 4.69) is 5.32 Å². The average Bonchev–Trinajstić information content (AvgIpc) is 2.39. The molecule has 2 aliphatic heterocycles. The van der Waals surface area contributed by atoms with Crippen LogP contribution in [0.25, 0.3) is 0 Å². The largest absolute Gasteiger partial charge is 0.336 e. The Kier molecular flexibility index (Phi) is 4.81. The maximum atomic E-state index is 12.1. The Bertz CT molecular complexity index is 424. The van der Waals surface area contributed by atoms with Crippen molar-refractivity contribution < 1.29 is 13.2 Å². The zero-order valence-corrected chi connectivity index (χ0v) is 12.3. The molecule has 1 N–H and O–H groups in total. The number of hydrogen-bond acceptors (Lipinski definition) is 4. The number of carbonyl (C=O) groups is 1. The van der Waals surface area contributed by atoms with Gasteiger partial charge in [0.1, 0.15) is 0 Å². The molecule has 19 heavy (non-hydrogen) atoms. The van der Waals surface area contributed by atoms with Gasteiger partial charge in [0.25, 0.3) is 0 Å². The van der Waals surface area contributed by atoms with E-state index in [1.54, 1.807) is 4.31 Å². The first-order chi connectivity index (χ1) is 9.04. The van der Waals surface area contributed by atoms with E-state index in [9.17, 15) is 13.2 Å². The van der Waals surface area contributed by atoms with Gasteiger partial charge in [0.05, 0.1) is 12.3 Å². The average molecular weight is 289 g/mol. The van der Waals surface area contributed by atoms with Crippen molar-refractivity contribution in [3.8, 4) is 0 Å². The number of nitrogens with one attached hydrogen (secondary N) is 1. The lowest BCUT2D eigenvalue weighted by Crippen LogP contribution is -2.57. The standard InChI is InChI=1S/C12H23N3O3S/c1-2-8-19(17,18)14-6-3-4-11(10-14)15-7-5-13-9-12(15)16/h11,13H,2-10H2,1H3. The summed E-state index contributed by atoms with van der Waals surface area (Å²) >= 11 is 0. The van der Waals surface area contributed by atoms with Crippen LogP contribution >= 0.6 is 0 Å². The molecule has 0 radical (unpaired) electrons. The van der Waals surface area contributed by atoms with E-state index in [4.69, 9.17) is 0 Å². The maximum absolute atomic E-state index is 12.1. The molecule has 110 valence electrons. The summed E-state index contributed by atoms with van der Waals surface area (Å²) in [6.07, 6.45) is 2.38. The van der Waals surface area contributed by atoms with Crippen LogP contribution in [0.1, 0.15) is 26.2 Å². The molecule has 2 heterocycles. The highest BCUT2D eigenvalue weighted by Gasteiger charge is 2.33. The lowest BCUT2D eigenvalue weighted by atomic mass is 10.1. The predicted molar refractivity (Wildman–Crippen MR) is 73.3 cm³/mol. The molecule has 2 rings (SSSR count). The summed E-state index contributed by atoms with van der Waals surface area (Å²) in [6, 6.07) is 0.0509. The van der Waals surface area contributed by atoms with Crippen molar-refractivity contribution in [1.82, 2.24) is 14.5 Å². The SMILES string of the molecule is CCCS(=O)(=O)N1CCCC(N2CCNCC2=O)C1. The normalized spacial score (nSPS) is 26.7. The molecule has 1 atom stereocenters. The fourth-order valence-electron chi connectivity index (χ4n) is 2.82. The number of carbonyl (C=O) groups excluding carboxylic acids is 1. The molecular formula is C12H23N3O3S. The van der Waals surface area contributed by atoms with Crippen LogP contribution < -0.4 is 5.32 Å². The summed E-state index contributed by atoms with van der Waals surface area (Å²) in [5, 5.41) is 3.04. The van der Waals surface area contributed by atoms with E-state index in [1.165, 1.54) is 0 Å². The Balaban J connectivity index is 2.02. The van der Waals surface area contributed by atoms with Gasteiger partial charge < -0.3 is 10.2 Å². The van der Waals surface area contributed by atoms with Crippen LogP contribution in [0.5, 0.6) is 0 Å². The summed E-state index contributed by atoms with van der Waals surface area (Å²) in [5.41, 5.74) is 0. The third kappa shape index (κ3) is 3.46. The summed E-state index contributed by atoms with van der Waals surface area (Å²) in [6.45, 7) is 4.79. The Morgan fingerprint density at radius 2 is 2.16 bits per heavy atom. The second kappa shape index (κ2) is 6.19. The number of nitrogens with zero attached hydrogens (tertiary/aromatic N) is 2. The van der Waals surface area contributed by atoms with Crippen molar-refractivity contribution in [2.45, 2.75) is 32.2 Å². The van der Waals surface area contributed by atoms with Crippen LogP contribution in [-0.2, 0) is 14.8 Å². The molecule has 0 bridgehead atoms. The van der Waals surface area contributed by atoms with E-state index in [0.717, 1.165) is 19.4 Å². The maximum Gasteiger partial charge on any atom is 0.236 e. The third-order valence-electron chi connectivity index (χ3n) is 3.78. The lowest BCUT2D eigenvalue weighted by Gasteiger charge is -2.40. The van der Waals surface area contributed by atoms with Crippen LogP contribution in [-0.4, -0.2) is 68.0 Å². The smallest absolute Gasteiger partial charge is 0.236 e. The van der Waals surface area contributed by atoms with Crippen LogP contribution in [0.3, 0.4) is 0 Å². The monoisotopic (exact) mass is 289 g/mol. The summed E-state index contributed by atoms with van der Waals surface area (Å²) < 4.78 is 25.8. The highest BCUT2D eigenvalue weighted by molar-refractivity contribution is 7.89. The van der Waals surface area contributed by atoms with Crippen molar-refractivity contribution in [2.75, 3.05) is 38.5 Å². The summed E-state index contributed by atoms with van der Waals surface area (Å²) in [7, 11) is -3.14. The van der Waals surface area contributed by atoms with E-state index < -0.39 is 10.0 Å². The topological polar surface area (TPSA) is 69.7 Å². The molecule has 1 unspecified atom stereocenters. The second-order valence-corrected chi connectivity index (χ2v) is 7.32. The number of rotatable bonds is 4. The van der Waals surface area contributed by atoms with Gasteiger partial charge in [0.15, 0.2) is 0 Å². The van der Waals surface area contributed by atoms with E-state index in [1.807, 2.05) is 11.8 Å². The summed E-state index contributed by atoms with van der Waals surface area (Å²) in [5.74, 6) is 0.292. The van der Waals surface area contributed by atoms with Gasteiger partial charge in [-0.3, -0.25) is 4.79 Å². The van der Waals surface area contributed by atoms with Gasteiger partial charge in [0.2, 0.25) is 15.9 Å². The second-order valence-electron chi connectivity index (χ2n) is 5.23. The molecule has 7 heteroatoms. The zero-order chi connectivity index (χ0) is 13.9. The minimum atomic E-state index is -3.14. The van der Waals surface area contributed by atoms with E-state index in [0.29, 0.717) is 32.6 Å². The molecule has 0 aromatic rings. The molecule has 2 aliphatic rings. The van der Waals surface area contributed by atoms with Crippen LogP contribution in [0.15, 0.2) is 0 Å². The summed E-state index contributed by atoms with van der Waals surface area (Å²) in [4.78, 5) is 13.7. The predicted octanol–water partition coefficient (Wildman–Crippen LogP) is -0.378. The van der Waals surface area contributed by atoms with Gasteiger partial charge in [0, 0.05) is 32.2 Å². The van der Waals surface area contributed by atoms with Crippen molar-refractivity contribution in [2.24, 2.45) is 0 Å². The van der Waals surface area contributed by atoms with Gasteiger partial charge >= 0.3 is 0 Å². The van der Waals surface area contributed by atoms with Crippen molar-refractivity contribution in [3.05, 3.63) is 0 Å². The Hall–Kier alpha value is -0.660. The number of hydrogen-bond donors (Lipinski definition) is 1. The highest BCUT2D eigenvalue weighted by atomic mass is 32.2. The molecule has 1 amide bonds. The van der Waals surface area contributed by atoms with Gasteiger partial charge in [-0.2, -0.15) is 4.31 Å². The number of piperazine rings is 1. The molecule has 0 spiro atoms. The molecule has 2 fully saturated rings. The van der Waals surface area contributed by atoms with Crippen LogP contribution in [0.4, 0.5) is 0 Å². The Labute approximate surface area is 115 Å². The Morgan fingerprint density at radius 1 is 1.37 bits per heavy atom. The van der Waals surface area contributed by atoms with Crippen molar-refractivity contribution in [3.63, 3.8) is 0 Å². The van der Waals surface area contributed by atoms with E-state index in [-0.39, 0.29) is 17.7 Å². The molecule has 0 aliphatic carbocycles. The minimum Gasteiger partial charge on any atom is -0.336 e. The molecule has 0 aromatic carbocycles. The molecule has 6 nitrogen and oxygen atoms in total. The molecule has 2 saturated heterocycles. The Morgan fingerprint density at radius 3 is 2.84 bits per heavy atom. The van der Waals surface area contributed by atoms with Crippen LogP contribution in [0.2, 0.25) is 0 Å². The van der Waals surface area contributed by atoms with Gasteiger partial charge in [-0.05, 0) is 19.3 Å². The first-order valence-electron chi connectivity index (χ1n) is 7.02. The lowest BCUT2D eigenvalue weighted by molar-refractivity contribution is -0.135. The third-order valence-corrected chi connectivity index (χ3v) is 5.82. The van der Waals surface area contributed by atoms with Gasteiger partial charge in [-0.1, -0.05) is 6.92 Å². The quantitative estimate of drug-likeness (QED) is 0.766. The number of piperidine rings is 1. The first-order valence-corrected chi connectivity index (χ1v) is 8.63. The molecule has 0 saturated carbocycles. The fraction of sp³-hybridized carbons (Fsp3) is 0.917.